The summed E-state index contributed by atoms with van der Waals surface area (Å²) < 4.78 is 13.0. The fourth-order valence-corrected chi connectivity index (χ4v) is 1.29. The Kier molecular flexibility index (Phi) is 2.53. The molecule has 2 aromatic rings. The molecule has 0 amide bonds. The second kappa shape index (κ2) is 4.00. The van der Waals surface area contributed by atoms with Gasteiger partial charge < -0.3 is 11.1 Å². The molecule has 0 saturated carbocycles. The molecule has 1 heterocycles. The lowest BCUT2D eigenvalue weighted by atomic mass is 10.2. The number of aromatic amines is 1. The highest BCUT2D eigenvalue weighted by Crippen LogP contribution is 2.15. The van der Waals surface area contributed by atoms with Crippen molar-refractivity contribution in [1.82, 2.24) is 10.2 Å². The van der Waals surface area contributed by atoms with E-state index in [9.17, 15) is 4.39 Å². The van der Waals surface area contributed by atoms with Crippen LogP contribution in [0.4, 0.5) is 15.8 Å². The van der Waals surface area contributed by atoms with Crippen molar-refractivity contribution in [3.8, 4) is 0 Å². The van der Waals surface area contributed by atoms with E-state index in [0.717, 1.165) is 5.56 Å². The van der Waals surface area contributed by atoms with E-state index in [1.54, 1.807) is 18.5 Å². The normalized spacial score (nSPS) is 10.2. The molecule has 0 spiro atoms. The first-order valence-corrected chi connectivity index (χ1v) is 4.51. The largest absolute Gasteiger partial charge is 0.399 e. The SMILES string of the molecule is Nc1cc(F)cc(NCc2cn[nH]c2)c1. The summed E-state index contributed by atoms with van der Waals surface area (Å²) >= 11 is 0. The minimum absolute atomic E-state index is 0.343. The Bertz CT molecular complexity index is 418. The van der Waals surface area contributed by atoms with Crippen LogP contribution < -0.4 is 11.1 Å². The van der Waals surface area contributed by atoms with Crippen LogP contribution in [0.3, 0.4) is 0 Å². The third-order valence-electron chi connectivity index (χ3n) is 1.97. The molecule has 0 aliphatic carbocycles. The Labute approximate surface area is 86.3 Å². The monoisotopic (exact) mass is 206 g/mol. The van der Waals surface area contributed by atoms with Gasteiger partial charge in [-0.1, -0.05) is 0 Å². The Hall–Kier alpha value is -2.04. The molecule has 15 heavy (non-hydrogen) atoms. The number of rotatable bonds is 3. The highest BCUT2D eigenvalue weighted by molar-refractivity contribution is 5.54. The van der Waals surface area contributed by atoms with Crippen LogP contribution in [-0.2, 0) is 6.54 Å². The quantitative estimate of drug-likeness (QED) is 0.670. The van der Waals surface area contributed by atoms with E-state index in [1.165, 1.54) is 12.1 Å². The van der Waals surface area contributed by atoms with Gasteiger partial charge in [0.15, 0.2) is 0 Å². The number of anilines is 2. The van der Waals surface area contributed by atoms with Crippen molar-refractivity contribution in [3.63, 3.8) is 0 Å². The number of aromatic nitrogens is 2. The Morgan fingerprint density at radius 1 is 1.40 bits per heavy atom. The van der Waals surface area contributed by atoms with Gasteiger partial charge in [0.25, 0.3) is 0 Å². The third-order valence-corrected chi connectivity index (χ3v) is 1.97. The van der Waals surface area contributed by atoms with E-state index in [4.69, 9.17) is 5.73 Å². The number of H-pyrrole nitrogens is 1. The van der Waals surface area contributed by atoms with E-state index in [0.29, 0.717) is 17.9 Å². The van der Waals surface area contributed by atoms with Crippen molar-refractivity contribution in [1.29, 1.82) is 0 Å². The summed E-state index contributed by atoms with van der Waals surface area (Å²) in [6.45, 7) is 0.583. The maximum absolute atomic E-state index is 13.0. The van der Waals surface area contributed by atoms with Gasteiger partial charge >= 0.3 is 0 Å². The van der Waals surface area contributed by atoms with Gasteiger partial charge in [0, 0.05) is 29.7 Å². The molecule has 0 aliphatic rings. The summed E-state index contributed by atoms with van der Waals surface area (Å²) in [6.07, 6.45) is 3.48. The van der Waals surface area contributed by atoms with Crippen molar-refractivity contribution in [2.45, 2.75) is 6.54 Å². The number of nitrogen functional groups attached to an aromatic ring is 1. The van der Waals surface area contributed by atoms with Crippen molar-refractivity contribution in [2.24, 2.45) is 0 Å². The maximum atomic E-state index is 13.0. The zero-order chi connectivity index (χ0) is 10.7. The number of hydrogen-bond donors (Lipinski definition) is 3. The number of hydrogen-bond acceptors (Lipinski definition) is 3. The van der Waals surface area contributed by atoms with Gasteiger partial charge in [-0.25, -0.2) is 4.39 Å². The lowest BCUT2D eigenvalue weighted by Crippen LogP contribution is -1.99. The summed E-state index contributed by atoms with van der Waals surface area (Å²) in [6, 6.07) is 4.36. The van der Waals surface area contributed by atoms with Gasteiger partial charge in [0.05, 0.1) is 6.20 Å². The highest BCUT2D eigenvalue weighted by atomic mass is 19.1. The molecule has 0 bridgehead atoms. The zero-order valence-electron chi connectivity index (χ0n) is 8.00. The zero-order valence-corrected chi connectivity index (χ0v) is 8.00. The molecule has 4 nitrogen and oxygen atoms in total. The van der Waals surface area contributed by atoms with Gasteiger partial charge in [-0.05, 0) is 18.2 Å². The summed E-state index contributed by atoms with van der Waals surface area (Å²) in [4.78, 5) is 0. The molecule has 4 N–H and O–H groups in total. The predicted octanol–water partition coefficient (Wildman–Crippen LogP) is 1.74. The standard InChI is InChI=1S/C10H11FN4/c11-8-1-9(12)3-10(2-8)13-4-7-5-14-15-6-7/h1-3,5-6,13H,4,12H2,(H,14,15). The summed E-state index contributed by atoms with van der Waals surface area (Å²) in [7, 11) is 0. The van der Waals surface area contributed by atoms with Crippen LogP contribution in [0.15, 0.2) is 30.6 Å². The summed E-state index contributed by atoms with van der Waals surface area (Å²) in [5.41, 5.74) is 7.58. The maximum Gasteiger partial charge on any atom is 0.127 e. The van der Waals surface area contributed by atoms with E-state index in [-0.39, 0.29) is 5.82 Å². The number of nitrogens with one attached hydrogen (secondary N) is 2. The molecule has 1 aromatic carbocycles. The molecule has 78 valence electrons. The van der Waals surface area contributed by atoms with Gasteiger partial charge in [0.1, 0.15) is 5.82 Å². The topological polar surface area (TPSA) is 66.7 Å². The fraction of sp³-hybridized carbons (Fsp3) is 0.100. The average molecular weight is 206 g/mol. The number of nitrogens with two attached hydrogens (primary N) is 1. The van der Waals surface area contributed by atoms with Crippen LogP contribution in [0, 0.1) is 5.82 Å². The van der Waals surface area contributed by atoms with E-state index in [2.05, 4.69) is 15.5 Å². The third kappa shape index (κ3) is 2.46. The predicted molar refractivity (Wildman–Crippen MR) is 56.7 cm³/mol. The fourth-order valence-electron chi connectivity index (χ4n) is 1.29. The van der Waals surface area contributed by atoms with Gasteiger partial charge in [0.2, 0.25) is 0 Å². The molecule has 0 fully saturated rings. The first-order valence-electron chi connectivity index (χ1n) is 4.51. The van der Waals surface area contributed by atoms with Crippen LogP contribution in [-0.4, -0.2) is 10.2 Å². The smallest absolute Gasteiger partial charge is 0.127 e. The highest BCUT2D eigenvalue weighted by Gasteiger charge is 1.98. The van der Waals surface area contributed by atoms with Gasteiger partial charge in [-0.15, -0.1) is 0 Å². The lowest BCUT2D eigenvalue weighted by Gasteiger charge is -2.05. The average Bonchev–Trinajstić information content (AvgIpc) is 2.65. The van der Waals surface area contributed by atoms with Crippen molar-refractivity contribution >= 4 is 11.4 Å². The number of benzene rings is 1. The molecule has 0 aliphatic heterocycles. The van der Waals surface area contributed by atoms with Crippen LogP contribution >= 0.6 is 0 Å². The molecular formula is C10H11FN4. The van der Waals surface area contributed by atoms with Gasteiger partial charge in [-0.2, -0.15) is 5.10 Å². The summed E-state index contributed by atoms with van der Waals surface area (Å²) in [5, 5.41) is 9.55. The van der Waals surface area contributed by atoms with Gasteiger partial charge in [-0.3, -0.25) is 5.10 Å². The van der Waals surface area contributed by atoms with Crippen LogP contribution in [0.25, 0.3) is 0 Å². The van der Waals surface area contributed by atoms with Crippen molar-refractivity contribution in [2.75, 3.05) is 11.1 Å². The lowest BCUT2D eigenvalue weighted by molar-refractivity contribution is 0.629. The van der Waals surface area contributed by atoms with Crippen LogP contribution in [0.5, 0.6) is 0 Å². The Morgan fingerprint density at radius 3 is 2.93 bits per heavy atom. The first-order chi connectivity index (χ1) is 7.24. The van der Waals surface area contributed by atoms with Crippen LogP contribution in [0.2, 0.25) is 0 Å². The number of halogens is 1. The minimum Gasteiger partial charge on any atom is -0.399 e. The molecule has 0 radical (unpaired) electrons. The molecule has 2 rings (SSSR count). The molecule has 1 aromatic heterocycles. The van der Waals surface area contributed by atoms with E-state index in [1.807, 2.05) is 0 Å². The molecule has 0 atom stereocenters. The molecule has 0 unspecified atom stereocenters. The number of nitrogens with zero attached hydrogens (tertiary/aromatic N) is 1. The molecule has 5 heteroatoms. The van der Waals surface area contributed by atoms with E-state index >= 15 is 0 Å². The van der Waals surface area contributed by atoms with E-state index < -0.39 is 0 Å². The summed E-state index contributed by atoms with van der Waals surface area (Å²) in [5.74, 6) is -0.343. The Balaban J connectivity index is 2.05. The van der Waals surface area contributed by atoms with Crippen molar-refractivity contribution in [3.05, 3.63) is 42.0 Å². The Morgan fingerprint density at radius 2 is 2.27 bits per heavy atom. The molecular weight excluding hydrogens is 195 g/mol. The van der Waals surface area contributed by atoms with Crippen LogP contribution in [0.1, 0.15) is 5.56 Å². The minimum atomic E-state index is -0.343. The molecule has 0 saturated heterocycles. The second-order valence-electron chi connectivity index (χ2n) is 3.23. The first kappa shape index (κ1) is 9.51. The van der Waals surface area contributed by atoms with Crippen molar-refractivity contribution < 1.29 is 4.39 Å². The second-order valence-corrected chi connectivity index (χ2v) is 3.23.